The van der Waals surface area contributed by atoms with Crippen molar-refractivity contribution in [3.63, 3.8) is 0 Å². The van der Waals surface area contributed by atoms with Crippen molar-refractivity contribution >= 4 is 62.0 Å². The maximum Gasteiger partial charge on any atom is 0.413 e. The lowest BCUT2D eigenvalue weighted by Crippen LogP contribution is -2.72. The van der Waals surface area contributed by atoms with E-state index >= 15 is 0 Å². The largest absolute Gasteiger partial charge is 0.478 e. The minimum Gasteiger partial charge on any atom is -0.478 e. The van der Waals surface area contributed by atoms with E-state index in [-0.39, 0.29) is 27.8 Å². The molecule has 0 bridgehead atoms. The fourth-order valence-electron chi connectivity index (χ4n) is 3.70. The number of sulfonamides is 1. The average Bonchev–Trinajstić information content (AvgIpc) is 3.39. The van der Waals surface area contributed by atoms with Gasteiger partial charge in [-0.05, 0) is 73.6 Å². The molecule has 17 nitrogen and oxygen atoms in total. The van der Waals surface area contributed by atoms with Gasteiger partial charge in [0.15, 0.2) is 10.8 Å². The molecule has 0 radical (unpaired) electrons. The third-order valence-corrected chi connectivity index (χ3v) is 8.19. The second-order valence-corrected chi connectivity index (χ2v) is 15.6. The van der Waals surface area contributed by atoms with Crippen LogP contribution in [0.5, 0.6) is 0 Å². The second kappa shape index (κ2) is 14.2. The summed E-state index contributed by atoms with van der Waals surface area (Å²) in [5, 5.41) is 21.9. The first kappa shape index (κ1) is 37.8. The molecule has 0 spiro atoms. The van der Waals surface area contributed by atoms with E-state index in [2.05, 4.69) is 30.8 Å². The van der Waals surface area contributed by atoms with Crippen LogP contribution in [0.4, 0.5) is 9.93 Å². The van der Waals surface area contributed by atoms with Gasteiger partial charge in [0, 0.05) is 11.9 Å². The molecule has 1 aromatic heterocycles. The summed E-state index contributed by atoms with van der Waals surface area (Å²) in [7, 11) is -4.20. The lowest BCUT2D eigenvalue weighted by molar-refractivity contribution is -0.179. The molecule has 0 saturated carbocycles. The fourth-order valence-corrected chi connectivity index (χ4v) is 5.49. The average molecular weight is 711 g/mol. The fraction of sp³-hybridized carbons (Fsp3) is 0.483. The number of carbonyl (C=O) groups excluding carboxylic acids is 4. The minimum atomic E-state index is -4.20. The number of hydrogen-bond donors (Lipinski definition) is 5. The standard InChI is InChI=1S/C29H38N6O11S2/c1-27(2,3)44-24(40)29(7,8)46-35-20(18-14-47-25(32-18)34-26(41)45-28(4,5)6)22(37)33-19-17(31-21(19)36)13-30-48(42,43)16-11-9-10-15(12-16)23(38)39/h9-12,14,17,19,30H,13H2,1-8H3,(H,31,36)(H,33,37)(H,38,39)(H,32,34,41)/b35-20-/t17-,19+/m1/s1. The Labute approximate surface area is 280 Å². The number of benzene rings is 1. The smallest absolute Gasteiger partial charge is 0.413 e. The summed E-state index contributed by atoms with van der Waals surface area (Å²) in [4.78, 5) is 71.6. The van der Waals surface area contributed by atoms with Gasteiger partial charge in [-0.1, -0.05) is 11.2 Å². The molecule has 0 unspecified atom stereocenters. The quantitative estimate of drug-likeness (QED) is 0.0920. The second-order valence-electron chi connectivity index (χ2n) is 13.0. The van der Waals surface area contributed by atoms with E-state index in [1.807, 2.05) is 0 Å². The number of carboxylic acids is 1. The highest BCUT2D eigenvalue weighted by molar-refractivity contribution is 7.89. The van der Waals surface area contributed by atoms with Gasteiger partial charge in [-0.25, -0.2) is 32.5 Å². The van der Waals surface area contributed by atoms with Crippen molar-refractivity contribution in [1.82, 2.24) is 20.3 Å². The number of nitrogens with zero attached hydrogens (tertiary/aromatic N) is 2. The number of carbonyl (C=O) groups is 5. The number of anilines is 1. The lowest BCUT2D eigenvalue weighted by Gasteiger charge is -2.37. The van der Waals surface area contributed by atoms with Crippen molar-refractivity contribution in [3.05, 3.63) is 40.9 Å². The van der Waals surface area contributed by atoms with Crippen LogP contribution in [0, 0.1) is 0 Å². The van der Waals surface area contributed by atoms with Crippen LogP contribution in [0.15, 0.2) is 39.7 Å². The molecule has 5 N–H and O–H groups in total. The Balaban J connectivity index is 1.82. The molecule has 2 atom stereocenters. The summed E-state index contributed by atoms with van der Waals surface area (Å²) in [6, 6.07) is 2.52. The number of hydrogen-bond acceptors (Lipinski definition) is 13. The highest BCUT2D eigenvalue weighted by Crippen LogP contribution is 2.22. The molecule has 3 rings (SSSR count). The van der Waals surface area contributed by atoms with Gasteiger partial charge in [0.05, 0.1) is 16.5 Å². The SMILES string of the molecule is CC(C)(C)OC(=O)Nc1nc(/C(=N/OC(C)(C)C(=O)OC(C)(C)C)C(=O)N[C@@H]2C(=O)N[C@@H]2CNS(=O)(=O)c2cccc(C(=O)O)c2)cs1. The summed E-state index contributed by atoms with van der Waals surface area (Å²) in [5.41, 5.74) is -4.15. The first-order valence-corrected chi connectivity index (χ1v) is 16.7. The molecular formula is C29H38N6O11S2. The van der Waals surface area contributed by atoms with E-state index in [0.717, 1.165) is 17.4 Å². The monoisotopic (exact) mass is 710 g/mol. The van der Waals surface area contributed by atoms with E-state index in [1.54, 1.807) is 41.5 Å². The maximum absolute atomic E-state index is 13.5. The van der Waals surface area contributed by atoms with Crippen molar-refractivity contribution in [1.29, 1.82) is 0 Å². The molecule has 3 amide bonds. The Kier molecular flexibility index (Phi) is 11.2. The van der Waals surface area contributed by atoms with Crippen molar-refractivity contribution in [2.24, 2.45) is 5.16 Å². The molecule has 19 heteroatoms. The molecule has 262 valence electrons. The number of thiazole rings is 1. The van der Waals surface area contributed by atoms with Crippen LogP contribution in [0.2, 0.25) is 0 Å². The molecule has 1 fully saturated rings. The molecule has 1 aliphatic rings. The summed E-state index contributed by atoms with van der Waals surface area (Å²) in [5.74, 6) is -3.72. The summed E-state index contributed by atoms with van der Waals surface area (Å²) >= 11 is 0.925. The highest BCUT2D eigenvalue weighted by atomic mass is 32.2. The predicted molar refractivity (Wildman–Crippen MR) is 172 cm³/mol. The molecule has 2 heterocycles. The van der Waals surface area contributed by atoms with Crippen molar-refractivity contribution in [2.45, 2.75) is 89.2 Å². The Morgan fingerprint density at radius 2 is 1.69 bits per heavy atom. The van der Waals surface area contributed by atoms with Gasteiger partial charge in [0.2, 0.25) is 21.5 Å². The van der Waals surface area contributed by atoms with Crippen LogP contribution in [0.1, 0.15) is 71.4 Å². The number of carboxylic acid groups (broad SMARTS) is 1. The van der Waals surface area contributed by atoms with Crippen LogP contribution < -0.4 is 20.7 Å². The van der Waals surface area contributed by atoms with Gasteiger partial charge in [-0.2, -0.15) is 0 Å². The van der Waals surface area contributed by atoms with Crippen LogP contribution in [-0.4, -0.2) is 89.5 Å². The van der Waals surface area contributed by atoms with E-state index in [0.29, 0.717) is 0 Å². The first-order chi connectivity index (χ1) is 22.0. The summed E-state index contributed by atoms with van der Waals surface area (Å²) in [6.07, 6.45) is -0.806. The Hall–Kier alpha value is -4.62. The highest BCUT2D eigenvalue weighted by Gasteiger charge is 2.42. The van der Waals surface area contributed by atoms with Gasteiger partial charge in [0.1, 0.15) is 22.9 Å². The van der Waals surface area contributed by atoms with Gasteiger partial charge < -0.3 is 30.1 Å². The maximum atomic E-state index is 13.5. The zero-order valence-corrected chi connectivity index (χ0v) is 29.1. The summed E-state index contributed by atoms with van der Waals surface area (Å²) in [6.45, 7) is 12.3. The number of aromatic nitrogens is 1. The van der Waals surface area contributed by atoms with Gasteiger partial charge in [-0.3, -0.25) is 14.9 Å². The third-order valence-electron chi connectivity index (χ3n) is 6.01. The van der Waals surface area contributed by atoms with Crippen LogP contribution in [0.25, 0.3) is 0 Å². The van der Waals surface area contributed by atoms with E-state index in [4.69, 9.17) is 14.3 Å². The molecule has 2 aromatic rings. The Morgan fingerprint density at radius 1 is 1.04 bits per heavy atom. The molecule has 1 aliphatic heterocycles. The van der Waals surface area contributed by atoms with Crippen molar-refractivity contribution in [2.75, 3.05) is 11.9 Å². The molecule has 1 aromatic carbocycles. The number of aromatic carboxylic acids is 1. The number of nitrogens with one attached hydrogen (secondary N) is 4. The van der Waals surface area contributed by atoms with Gasteiger partial charge in [0.25, 0.3) is 5.91 Å². The normalized spacial score (nSPS) is 17.0. The first-order valence-electron chi connectivity index (χ1n) is 14.4. The van der Waals surface area contributed by atoms with Gasteiger partial charge >= 0.3 is 18.0 Å². The zero-order chi connectivity index (χ0) is 36.2. The number of β-lactam (4-membered cyclic amide) rings is 1. The Morgan fingerprint density at radius 3 is 2.27 bits per heavy atom. The molecule has 1 saturated heterocycles. The third kappa shape index (κ3) is 10.4. The minimum absolute atomic E-state index is 0.0341. The van der Waals surface area contributed by atoms with Crippen molar-refractivity contribution in [3.8, 4) is 0 Å². The number of esters is 1. The molecular weight excluding hydrogens is 672 g/mol. The predicted octanol–water partition coefficient (Wildman–Crippen LogP) is 1.99. The topological polar surface area (TPSA) is 241 Å². The van der Waals surface area contributed by atoms with Crippen LogP contribution >= 0.6 is 11.3 Å². The van der Waals surface area contributed by atoms with E-state index in [1.165, 1.54) is 37.4 Å². The summed E-state index contributed by atoms with van der Waals surface area (Å²) < 4.78 is 38.5. The van der Waals surface area contributed by atoms with Crippen LogP contribution in [0.3, 0.4) is 0 Å². The Bertz CT molecular complexity index is 1720. The molecule has 48 heavy (non-hydrogen) atoms. The number of oxime groups is 1. The number of rotatable bonds is 12. The molecule has 0 aliphatic carbocycles. The zero-order valence-electron chi connectivity index (χ0n) is 27.5. The number of ether oxygens (including phenoxy) is 2. The van der Waals surface area contributed by atoms with Crippen molar-refractivity contribution < 1.29 is 51.8 Å². The number of amides is 3. The lowest BCUT2D eigenvalue weighted by atomic mass is 9.99. The van der Waals surface area contributed by atoms with E-state index in [9.17, 15) is 37.5 Å². The van der Waals surface area contributed by atoms with Crippen LogP contribution in [-0.2, 0) is 38.7 Å². The van der Waals surface area contributed by atoms with E-state index < -0.39 is 74.5 Å². The van der Waals surface area contributed by atoms with Gasteiger partial charge in [-0.15, -0.1) is 11.3 Å².